The first-order valence-corrected chi connectivity index (χ1v) is 4.62. The highest BCUT2D eigenvalue weighted by Gasteiger charge is 2.13. The van der Waals surface area contributed by atoms with Crippen LogP contribution in [0.15, 0.2) is 24.3 Å². The SMILES string of the molecule is C[n+]1c(CO)sc2ccccc21.[I-]. The highest BCUT2D eigenvalue weighted by molar-refractivity contribution is 7.18. The summed E-state index contributed by atoms with van der Waals surface area (Å²) in [6, 6.07) is 8.15. The van der Waals surface area contributed by atoms with Gasteiger partial charge in [0.15, 0.2) is 0 Å². The lowest BCUT2D eigenvalue weighted by Crippen LogP contribution is -3.00. The van der Waals surface area contributed by atoms with Gasteiger partial charge in [-0.1, -0.05) is 23.5 Å². The molecule has 2 nitrogen and oxygen atoms in total. The molecule has 2 aromatic rings. The Hall–Kier alpha value is -0.200. The monoisotopic (exact) mass is 307 g/mol. The van der Waals surface area contributed by atoms with Gasteiger partial charge in [-0.2, -0.15) is 4.57 Å². The molecule has 1 heterocycles. The van der Waals surface area contributed by atoms with Crippen LogP contribution in [0.2, 0.25) is 0 Å². The molecule has 0 aliphatic heterocycles. The van der Waals surface area contributed by atoms with Crippen LogP contribution in [0.4, 0.5) is 0 Å². The van der Waals surface area contributed by atoms with Crippen LogP contribution in [0, 0.1) is 0 Å². The first kappa shape index (κ1) is 10.9. The van der Waals surface area contributed by atoms with E-state index >= 15 is 0 Å². The van der Waals surface area contributed by atoms with E-state index in [-0.39, 0.29) is 30.6 Å². The van der Waals surface area contributed by atoms with E-state index in [0.29, 0.717) is 0 Å². The molecule has 4 heteroatoms. The van der Waals surface area contributed by atoms with Crippen LogP contribution in [0.3, 0.4) is 0 Å². The standard InChI is InChI=1S/C9H10NOS.HI/c1-10-7-4-2-3-5-8(7)12-9(10)6-11;/h2-5,11H,6H2,1H3;1H/q+1;/p-1. The Morgan fingerprint density at radius 2 is 2.08 bits per heavy atom. The van der Waals surface area contributed by atoms with E-state index in [9.17, 15) is 0 Å². The lowest BCUT2D eigenvalue weighted by atomic mass is 10.3. The fourth-order valence-electron chi connectivity index (χ4n) is 1.29. The van der Waals surface area contributed by atoms with Crippen molar-refractivity contribution in [3.63, 3.8) is 0 Å². The number of benzene rings is 1. The second-order valence-electron chi connectivity index (χ2n) is 2.68. The number of rotatable bonds is 1. The molecule has 0 aliphatic rings. The molecule has 70 valence electrons. The van der Waals surface area contributed by atoms with Crippen molar-refractivity contribution in [2.75, 3.05) is 0 Å². The number of nitrogens with zero attached hydrogens (tertiary/aromatic N) is 1. The van der Waals surface area contributed by atoms with Crippen LogP contribution in [-0.2, 0) is 13.7 Å². The maximum absolute atomic E-state index is 9.01. The van der Waals surface area contributed by atoms with Gasteiger partial charge in [-0.3, -0.25) is 0 Å². The molecule has 0 aliphatic carbocycles. The van der Waals surface area contributed by atoms with Crippen molar-refractivity contribution in [2.45, 2.75) is 6.61 Å². The normalized spacial score (nSPS) is 10.0. The second-order valence-corrected chi connectivity index (χ2v) is 3.80. The number of fused-ring (bicyclic) bond motifs is 1. The molecule has 1 N–H and O–H groups in total. The van der Waals surface area contributed by atoms with E-state index in [0.717, 1.165) is 5.01 Å². The quantitative estimate of drug-likeness (QED) is 0.489. The Kier molecular flexibility index (Phi) is 3.63. The zero-order chi connectivity index (χ0) is 8.55. The smallest absolute Gasteiger partial charge is 0.263 e. The van der Waals surface area contributed by atoms with Gasteiger partial charge in [0.1, 0.15) is 18.4 Å². The van der Waals surface area contributed by atoms with E-state index in [4.69, 9.17) is 5.11 Å². The molecule has 0 bridgehead atoms. The van der Waals surface area contributed by atoms with Gasteiger partial charge in [0.05, 0.1) is 0 Å². The summed E-state index contributed by atoms with van der Waals surface area (Å²) in [5.41, 5.74) is 1.19. The van der Waals surface area contributed by atoms with Crippen LogP contribution in [-0.4, -0.2) is 5.11 Å². The van der Waals surface area contributed by atoms with Crippen molar-refractivity contribution in [3.05, 3.63) is 29.3 Å². The van der Waals surface area contributed by atoms with Gasteiger partial charge in [0, 0.05) is 6.07 Å². The summed E-state index contributed by atoms with van der Waals surface area (Å²) in [4.78, 5) is 0. The zero-order valence-electron chi connectivity index (χ0n) is 7.20. The summed E-state index contributed by atoms with van der Waals surface area (Å²) < 4.78 is 3.25. The summed E-state index contributed by atoms with van der Waals surface area (Å²) in [5, 5.41) is 10.0. The third-order valence-corrected chi connectivity index (χ3v) is 3.17. The van der Waals surface area contributed by atoms with Crippen molar-refractivity contribution in [2.24, 2.45) is 7.05 Å². The number of halogens is 1. The molecular formula is C9H10INOS. The molecule has 0 unspecified atom stereocenters. The van der Waals surface area contributed by atoms with Crippen LogP contribution < -0.4 is 28.5 Å². The number of aliphatic hydroxyl groups excluding tert-OH is 1. The van der Waals surface area contributed by atoms with Gasteiger partial charge in [-0.25, -0.2) is 0 Å². The number of hydrogen-bond acceptors (Lipinski definition) is 2. The van der Waals surface area contributed by atoms with E-state index in [1.165, 1.54) is 10.2 Å². The summed E-state index contributed by atoms with van der Waals surface area (Å²) in [5.74, 6) is 0. The third-order valence-electron chi connectivity index (χ3n) is 1.96. The molecule has 1 aromatic heterocycles. The third kappa shape index (κ3) is 1.84. The lowest BCUT2D eigenvalue weighted by molar-refractivity contribution is -0.650. The molecule has 0 amide bonds. The van der Waals surface area contributed by atoms with Crippen molar-refractivity contribution in [1.82, 2.24) is 0 Å². The molecule has 0 saturated carbocycles. The maximum Gasteiger partial charge on any atom is 0.263 e. The topological polar surface area (TPSA) is 24.1 Å². The zero-order valence-corrected chi connectivity index (χ0v) is 10.2. The fraction of sp³-hybridized carbons (Fsp3) is 0.222. The predicted octanol–water partition coefficient (Wildman–Crippen LogP) is -1.78. The van der Waals surface area contributed by atoms with Crippen LogP contribution >= 0.6 is 11.3 Å². The molecule has 0 fully saturated rings. The first-order valence-electron chi connectivity index (χ1n) is 3.80. The minimum absolute atomic E-state index is 0. The Labute approximate surface area is 97.9 Å². The number of para-hydroxylation sites is 1. The molecule has 1 aromatic carbocycles. The van der Waals surface area contributed by atoms with Gasteiger partial charge in [-0.15, -0.1) is 0 Å². The molecule has 0 atom stereocenters. The maximum atomic E-state index is 9.01. The van der Waals surface area contributed by atoms with Crippen molar-refractivity contribution < 1.29 is 33.7 Å². The van der Waals surface area contributed by atoms with Crippen LogP contribution in [0.25, 0.3) is 10.2 Å². The van der Waals surface area contributed by atoms with E-state index in [2.05, 4.69) is 12.1 Å². The first-order chi connectivity index (χ1) is 5.83. The van der Waals surface area contributed by atoms with E-state index in [1.807, 2.05) is 23.7 Å². The Morgan fingerprint density at radius 1 is 1.38 bits per heavy atom. The largest absolute Gasteiger partial charge is 1.00 e. The Bertz CT molecular complexity index is 413. The average molecular weight is 307 g/mol. The molecule has 2 rings (SSSR count). The van der Waals surface area contributed by atoms with Gasteiger partial charge >= 0.3 is 0 Å². The average Bonchev–Trinajstić information content (AvgIpc) is 2.44. The van der Waals surface area contributed by atoms with Crippen LogP contribution in [0.1, 0.15) is 5.01 Å². The molecule has 13 heavy (non-hydrogen) atoms. The number of aliphatic hydroxyl groups is 1. The lowest BCUT2D eigenvalue weighted by Gasteiger charge is -1.85. The number of aryl methyl sites for hydroxylation is 1. The molecule has 0 spiro atoms. The summed E-state index contributed by atoms with van der Waals surface area (Å²) >= 11 is 1.64. The summed E-state index contributed by atoms with van der Waals surface area (Å²) in [7, 11) is 1.98. The van der Waals surface area contributed by atoms with Gasteiger partial charge in [0.2, 0.25) is 5.52 Å². The van der Waals surface area contributed by atoms with E-state index in [1.54, 1.807) is 11.3 Å². The molecule has 0 radical (unpaired) electrons. The molecule has 0 saturated heterocycles. The van der Waals surface area contributed by atoms with Crippen LogP contribution in [0.5, 0.6) is 0 Å². The van der Waals surface area contributed by atoms with Gasteiger partial charge in [-0.05, 0) is 6.07 Å². The van der Waals surface area contributed by atoms with Crippen molar-refractivity contribution in [1.29, 1.82) is 0 Å². The summed E-state index contributed by atoms with van der Waals surface area (Å²) in [6.45, 7) is 0.121. The highest BCUT2D eigenvalue weighted by Crippen LogP contribution is 2.18. The van der Waals surface area contributed by atoms with Gasteiger partial charge in [0.25, 0.3) is 5.01 Å². The van der Waals surface area contributed by atoms with Crippen molar-refractivity contribution in [3.8, 4) is 0 Å². The van der Waals surface area contributed by atoms with Crippen molar-refractivity contribution >= 4 is 21.6 Å². The minimum atomic E-state index is 0. The van der Waals surface area contributed by atoms with Gasteiger partial charge < -0.3 is 29.1 Å². The number of aromatic nitrogens is 1. The highest BCUT2D eigenvalue weighted by atomic mass is 127. The predicted molar refractivity (Wildman–Crippen MR) is 48.9 cm³/mol. The van der Waals surface area contributed by atoms with E-state index < -0.39 is 0 Å². The Morgan fingerprint density at radius 3 is 2.69 bits per heavy atom. The minimum Gasteiger partial charge on any atom is -1.00 e. The molecular weight excluding hydrogens is 297 g/mol. The summed E-state index contributed by atoms with van der Waals surface area (Å²) in [6.07, 6.45) is 0. The number of hydrogen-bond donors (Lipinski definition) is 1. The second kappa shape index (κ2) is 4.34. The Balaban J connectivity index is 0.000000845. The fourth-order valence-corrected chi connectivity index (χ4v) is 2.30. The number of thiazole rings is 1.